The summed E-state index contributed by atoms with van der Waals surface area (Å²) in [5.74, 6) is 2.33. The van der Waals surface area contributed by atoms with E-state index in [0.717, 1.165) is 11.1 Å². The van der Waals surface area contributed by atoms with Crippen LogP contribution in [0.15, 0.2) is 152 Å². The summed E-state index contributed by atoms with van der Waals surface area (Å²) in [6.07, 6.45) is 8.06. The minimum atomic E-state index is -0.763. The Labute approximate surface area is 245 Å². The van der Waals surface area contributed by atoms with Crippen LogP contribution in [0.25, 0.3) is 0 Å². The minimum Gasteiger partial charge on any atom is -0.457 e. The highest BCUT2D eigenvalue weighted by Gasteiger charge is 2.44. The van der Waals surface area contributed by atoms with Crippen molar-refractivity contribution in [3.8, 4) is 23.0 Å². The van der Waals surface area contributed by atoms with Crippen molar-refractivity contribution in [2.45, 2.75) is 5.41 Å². The molecule has 0 saturated carbocycles. The predicted octanol–water partition coefficient (Wildman–Crippen LogP) is 8.35. The smallest absolute Gasteiger partial charge is 0.171 e. The van der Waals surface area contributed by atoms with Crippen LogP contribution in [0, 0.1) is 5.92 Å². The molecule has 4 N–H and O–H groups in total. The normalized spacial score (nSPS) is 15.2. The van der Waals surface area contributed by atoms with Gasteiger partial charge in [-0.3, -0.25) is 4.79 Å². The number of allylic oxidation sites excluding steroid dienone is 4. The van der Waals surface area contributed by atoms with Crippen LogP contribution in [0.5, 0.6) is 23.0 Å². The maximum atomic E-state index is 14.1. The van der Waals surface area contributed by atoms with Gasteiger partial charge in [-0.25, -0.2) is 0 Å². The van der Waals surface area contributed by atoms with Gasteiger partial charge in [0.1, 0.15) is 23.0 Å². The van der Waals surface area contributed by atoms with Crippen LogP contribution in [-0.4, -0.2) is 5.78 Å². The number of hydrogen-bond acceptors (Lipinski definition) is 5. The third-order valence-corrected chi connectivity index (χ3v) is 7.50. The Morgan fingerprint density at radius 3 is 1.43 bits per heavy atom. The van der Waals surface area contributed by atoms with Crippen molar-refractivity contribution in [1.82, 2.24) is 0 Å². The van der Waals surface area contributed by atoms with Crippen LogP contribution in [0.2, 0.25) is 0 Å². The molecule has 0 amide bonds. The second kappa shape index (κ2) is 11.5. The van der Waals surface area contributed by atoms with Gasteiger partial charge in [0.05, 0.1) is 11.3 Å². The highest BCUT2D eigenvalue weighted by atomic mass is 16.5. The Hall–Kier alpha value is -5.55. The number of Topliss-reactive ketones (excluding diaryl/α,β-unsaturated/α-hetero) is 1. The number of benzene rings is 5. The molecule has 0 saturated heterocycles. The summed E-state index contributed by atoms with van der Waals surface area (Å²) < 4.78 is 12.1. The highest BCUT2D eigenvalue weighted by Crippen LogP contribution is 2.46. The van der Waals surface area contributed by atoms with Gasteiger partial charge in [-0.05, 0) is 83.9 Å². The molecule has 0 fully saturated rings. The summed E-state index contributed by atoms with van der Waals surface area (Å²) in [4.78, 5) is 14.1. The molecule has 1 aliphatic carbocycles. The fourth-order valence-corrected chi connectivity index (χ4v) is 5.37. The standard InChI is InChI=1S/C37H30N2O3/c38-29-13-21-33(22-14-29)41-31-17-9-27(10-18-31)37(25-5-4-8-35(37)36(40)26-6-2-1-3-7-26)28-11-19-32(20-12-28)42-34-23-15-30(39)16-24-34/h1-25,35H,38-39H2. The SMILES string of the molecule is Nc1ccc(Oc2ccc(C3(c4ccc(Oc5ccc(N)cc5)cc4)C=CC=CC3C(=O)c3ccccc3)cc2)cc1. The zero-order valence-corrected chi connectivity index (χ0v) is 22.9. The number of hydrogen-bond donors (Lipinski definition) is 2. The molecule has 0 bridgehead atoms. The number of carbonyl (C=O) groups excluding carboxylic acids is 1. The number of ketones is 1. The molecular formula is C37H30N2O3. The molecule has 1 aliphatic rings. The van der Waals surface area contributed by atoms with E-state index in [0.29, 0.717) is 39.9 Å². The maximum absolute atomic E-state index is 14.1. The molecule has 42 heavy (non-hydrogen) atoms. The number of nitrogens with two attached hydrogens (primary N) is 2. The fraction of sp³-hybridized carbons (Fsp3) is 0.0541. The Morgan fingerprint density at radius 2 is 0.976 bits per heavy atom. The van der Waals surface area contributed by atoms with Crippen molar-refractivity contribution < 1.29 is 14.3 Å². The molecule has 0 radical (unpaired) electrons. The van der Waals surface area contributed by atoms with E-state index in [2.05, 4.69) is 6.08 Å². The molecule has 0 heterocycles. The highest BCUT2D eigenvalue weighted by molar-refractivity contribution is 6.01. The van der Waals surface area contributed by atoms with E-state index in [1.807, 2.05) is 121 Å². The first kappa shape index (κ1) is 26.7. The molecule has 5 aromatic rings. The molecule has 0 aromatic heterocycles. The van der Waals surface area contributed by atoms with Gasteiger partial charge < -0.3 is 20.9 Å². The fourth-order valence-electron chi connectivity index (χ4n) is 5.37. The van der Waals surface area contributed by atoms with E-state index in [1.165, 1.54) is 0 Å². The summed E-state index contributed by atoms with van der Waals surface area (Å²) in [7, 11) is 0. The van der Waals surface area contributed by atoms with Crippen molar-refractivity contribution in [1.29, 1.82) is 0 Å². The second-order valence-corrected chi connectivity index (χ2v) is 10.2. The largest absolute Gasteiger partial charge is 0.457 e. The van der Waals surface area contributed by atoms with Crippen LogP contribution < -0.4 is 20.9 Å². The third-order valence-electron chi connectivity index (χ3n) is 7.50. The number of rotatable bonds is 8. The average molecular weight is 551 g/mol. The van der Waals surface area contributed by atoms with Gasteiger partial charge in [-0.15, -0.1) is 0 Å². The van der Waals surface area contributed by atoms with Gasteiger partial charge in [0.2, 0.25) is 0 Å². The Balaban J connectivity index is 1.39. The van der Waals surface area contributed by atoms with E-state index < -0.39 is 11.3 Å². The van der Waals surface area contributed by atoms with Gasteiger partial charge in [0.15, 0.2) is 5.78 Å². The van der Waals surface area contributed by atoms with Crippen molar-refractivity contribution in [2.24, 2.45) is 5.92 Å². The lowest BCUT2D eigenvalue weighted by Crippen LogP contribution is -2.39. The van der Waals surface area contributed by atoms with E-state index in [4.69, 9.17) is 20.9 Å². The summed E-state index contributed by atoms with van der Waals surface area (Å²) in [5.41, 5.74) is 14.8. The van der Waals surface area contributed by atoms with E-state index in [9.17, 15) is 4.79 Å². The molecule has 5 aromatic carbocycles. The van der Waals surface area contributed by atoms with Crippen molar-refractivity contribution in [2.75, 3.05) is 11.5 Å². The molecular weight excluding hydrogens is 520 g/mol. The summed E-state index contributed by atoms with van der Waals surface area (Å²) in [6.45, 7) is 0. The van der Waals surface area contributed by atoms with Gasteiger partial charge >= 0.3 is 0 Å². The van der Waals surface area contributed by atoms with Gasteiger partial charge in [-0.1, -0.05) is 78.9 Å². The molecule has 5 nitrogen and oxygen atoms in total. The van der Waals surface area contributed by atoms with E-state index in [-0.39, 0.29) is 5.78 Å². The number of nitrogen functional groups attached to an aromatic ring is 2. The first-order valence-corrected chi connectivity index (χ1v) is 13.7. The number of anilines is 2. The van der Waals surface area contributed by atoms with Crippen LogP contribution in [0.3, 0.4) is 0 Å². The lowest BCUT2D eigenvalue weighted by atomic mass is 9.62. The molecule has 1 atom stereocenters. The average Bonchev–Trinajstić information content (AvgIpc) is 3.04. The topological polar surface area (TPSA) is 87.6 Å². The Bertz CT molecular complexity index is 1630. The van der Waals surface area contributed by atoms with Crippen LogP contribution in [0.1, 0.15) is 21.5 Å². The molecule has 206 valence electrons. The zero-order valence-electron chi connectivity index (χ0n) is 22.9. The quantitative estimate of drug-likeness (QED) is 0.150. The zero-order chi connectivity index (χ0) is 28.9. The first-order chi connectivity index (χ1) is 20.5. The number of ether oxygens (including phenoxy) is 2. The first-order valence-electron chi connectivity index (χ1n) is 13.7. The second-order valence-electron chi connectivity index (χ2n) is 10.2. The summed E-state index contributed by atoms with van der Waals surface area (Å²) in [5, 5.41) is 0. The Kier molecular flexibility index (Phi) is 7.31. The van der Waals surface area contributed by atoms with Gasteiger partial charge in [0, 0.05) is 16.9 Å². The minimum absolute atomic E-state index is 0.0422. The lowest BCUT2D eigenvalue weighted by molar-refractivity contribution is 0.0918. The third kappa shape index (κ3) is 5.40. The van der Waals surface area contributed by atoms with Crippen molar-refractivity contribution in [3.05, 3.63) is 168 Å². The summed E-state index contributed by atoms with van der Waals surface area (Å²) in [6, 6.07) is 39.8. The summed E-state index contributed by atoms with van der Waals surface area (Å²) >= 11 is 0. The van der Waals surface area contributed by atoms with E-state index >= 15 is 0 Å². The van der Waals surface area contributed by atoms with Crippen molar-refractivity contribution in [3.63, 3.8) is 0 Å². The molecule has 0 spiro atoms. The predicted molar refractivity (Wildman–Crippen MR) is 168 cm³/mol. The molecule has 0 aliphatic heterocycles. The molecule has 5 heteroatoms. The molecule has 1 unspecified atom stereocenters. The lowest BCUT2D eigenvalue weighted by Gasteiger charge is -2.39. The molecule has 6 rings (SSSR count). The van der Waals surface area contributed by atoms with Gasteiger partial charge in [0.25, 0.3) is 0 Å². The Morgan fingerprint density at radius 1 is 0.548 bits per heavy atom. The maximum Gasteiger partial charge on any atom is 0.171 e. The van der Waals surface area contributed by atoms with Crippen LogP contribution in [0.4, 0.5) is 11.4 Å². The number of carbonyl (C=O) groups is 1. The van der Waals surface area contributed by atoms with Crippen LogP contribution >= 0.6 is 0 Å². The monoisotopic (exact) mass is 550 g/mol. The van der Waals surface area contributed by atoms with Crippen LogP contribution in [-0.2, 0) is 5.41 Å². The van der Waals surface area contributed by atoms with Gasteiger partial charge in [-0.2, -0.15) is 0 Å². The van der Waals surface area contributed by atoms with E-state index in [1.54, 1.807) is 24.3 Å². The van der Waals surface area contributed by atoms with Crippen molar-refractivity contribution >= 4 is 17.2 Å².